The molecule has 0 spiro atoms. The number of para-hydroxylation sites is 2. The molecule has 144 valence electrons. The van der Waals surface area contributed by atoms with Crippen molar-refractivity contribution in [1.29, 1.82) is 0 Å². The zero-order chi connectivity index (χ0) is 19.6. The van der Waals surface area contributed by atoms with E-state index in [-0.39, 0.29) is 12.5 Å². The first-order chi connectivity index (χ1) is 13.0. The van der Waals surface area contributed by atoms with Crippen LogP contribution < -0.4 is 25.6 Å². The van der Waals surface area contributed by atoms with Crippen LogP contribution in [0.2, 0.25) is 0 Å². The van der Waals surface area contributed by atoms with Gasteiger partial charge in [-0.1, -0.05) is 18.2 Å². The molecule has 8 nitrogen and oxygen atoms in total. The summed E-state index contributed by atoms with van der Waals surface area (Å²) in [6, 6.07) is 9.55. The normalized spacial score (nSPS) is 11.2. The average molecular weight is 391 g/mol. The molecule has 27 heavy (non-hydrogen) atoms. The van der Waals surface area contributed by atoms with E-state index in [0.29, 0.717) is 23.0 Å². The van der Waals surface area contributed by atoms with E-state index in [1.165, 1.54) is 18.3 Å². The van der Waals surface area contributed by atoms with Crippen molar-refractivity contribution in [2.24, 2.45) is 0 Å². The summed E-state index contributed by atoms with van der Waals surface area (Å²) in [4.78, 5) is 36.2. The number of carbonyl (C=O) groups is 3. The summed E-state index contributed by atoms with van der Waals surface area (Å²) in [5.41, 5.74) is 4.49. The Morgan fingerprint density at radius 2 is 1.74 bits per heavy atom. The number of amides is 3. The molecule has 0 aliphatic heterocycles. The number of hydrogen-bond acceptors (Lipinski definition) is 6. The predicted molar refractivity (Wildman–Crippen MR) is 101 cm³/mol. The number of hydrazine groups is 1. The van der Waals surface area contributed by atoms with E-state index in [1.807, 2.05) is 6.92 Å². The molecule has 3 amide bonds. The lowest BCUT2D eigenvalue weighted by Crippen LogP contribution is -2.51. The van der Waals surface area contributed by atoms with Gasteiger partial charge in [0.25, 0.3) is 17.7 Å². The van der Waals surface area contributed by atoms with Crippen LogP contribution in [0.4, 0.5) is 0 Å². The van der Waals surface area contributed by atoms with E-state index in [4.69, 9.17) is 9.47 Å². The van der Waals surface area contributed by atoms with Crippen molar-refractivity contribution in [1.82, 2.24) is 16.2 Å². The van der Waals surface area contributed by atoms with Crippen LogP contribution >= 0.6 is 11.3 Å². The minimum absolute atomic E-state index is 0.305. The predicted octanol–water partition coefficient (Wildman–Crippen LogP) is 1.49. The standard InChI is InChI=1S/C18H21N3O5S/c1-3-25-13-7-4-5-8-14(13)26-11-16(22)20-21-17(23)12(2)19-18(24)15-9-6-10-27-15/h4-10,12H,3,11H2,1-2H3,(H,19,24)(H,20,22)(H,21,23). The Labute approximate surface area is 160 Å². The highest BCUT2D eigenvalue weighted by Crippen LogP contribution is 2.26. The van der Waals surface area contributed by atoms with Crippen molar-refractivity contribution in [2.45, 2.75) is 19.9 Å². The lowest BCUT2D eigenvalue weighted by molar-refractivity contribution is -0.130. The van der Waals surface area contributed by atoms with Crippen LogP contribution in [0, 0.1) is 0 Å². The number of ether oxygens (including phenoxy) is 2. The van der Waals surface area contributed by atoms with Gasteiger partial charge in [0, 0.05) is 0 Å². The average Bonchev–Trinajstić information content (AvgIpc) is 3.20. The van der Waals surface area contributed by atoms with Crippen molar-refractivity contribution in [2.75, 3.05) is 13.2 Å². The molecule has 0 bridgehead atoms. The van der Waals surface area contributed by atoms with Gasteiger partial charge in [-0.15, -0.1) is 11.3 Å². The number of benzene rings is 1. The SMILES string of the molecule is CCOc1ccccc1OCC(=O)NNC(=O)C(C)NC(=O)c1cccs1. The van der Waals surface area contributed by atoms with Crippen LogP contribution in [0.1, 0.15) is 23.5 Å². The molecule has 0 fully saturated rings. The molecule has 0 aliphatic rings. The summed E-state index contributed by atoms with van der Waals surface area (Å²) in [6.45, 7) is 3.53. The first-order valence-electron chi connectivity index (χ1n) is 8.29. The van der Waals surface area contributed by atoms with Crippen LogP contribution in [0.25, 0.3) is 0 Å². The molecule has 1 unspecified atom stereocenters. The zero-order valence-electron chi connectivity index (χ0n) is 15.0. The third-order valence-corrected chi connectivity index (χ3v) is 4.19. The molecule has 2 aromatic rings. The first kappa shape index (κ1) is 20.2. The van der Waals surface area contributed by atoms with E-state index in [2.05, 4.69) is 16.2 Å². The van der Waals surface area contributed by atoms with Gasteiger partial charge in [0.2, 0.25) is 0 Å². The second kappa shape index (κ2) is 10.2. The van der Waals surface area contributed by atoms with E-state index < -0.39 is 17.9 Å². The van der Waals surface area contributed by atoms with E-state index in [1.54, 1.807) is 41.8 Å². The number of thiophene rings is 1. The maximum Gasteiger partial charge on any atom is 0.276 e. The summed E-state index contributed by atoms with van der Waals surface area (Å²) >= 11 is 1.27. The van der Waals surface area contributed by atoms with Gasteiger partial charge >= 0.3 is 0 Å². The van der Waals surface area contributed by atoms with Gasteiger partial charge < -0.3 is 14.8 Å². The molecule has 1 aromatic heterocycles. The van der Waals surface area contributed by atoms with Crippen LogP contribution in [-0.2, 0) is 9.59 Å². The Bertz CT molecular complexity index is 779. The summed E-state index contributed by atoms with van der Waals surface area (Å²) < 4.78 is 10.8. The van der Waals surface area contributed by atoms with E-state index in [0.717, 1.165) is 0 Å². The Morgan fingerprint density at radius 1 is 1.04 bits per heavy atom. The molecular weight excluding hydrogens is 370 g/mol. The number of nitrogens with one attached hydrogen (secondary N) is 3. The summed E-state index contributed by atoms with van der Waals surface area (Å²) in [5.74, 6) is -0.497. The van der Waals surface area contributed by atoms with Crippen LogP contribution in [0.15, 0.2) is 41.8 Å². The van der Waals surface area contributed by atoms with Crippen LogP contribution in [0.5, 0.6) is 11.5 Å². The minimum atomic E-state index is -0.820. The third-order valence-electron chi connectivity index (χ3n) is 3.32. The first-order valence-corrected chi connectivity index (χ1v) is 9.17. The lowest BCUT2D eigenvalue weighted by Gasteiger charge is -2.15. The van der Waals surface area contributed by atoms with Gasteiger partial charge in [-0.2, -0.15) is 0 Å². The second-order valence-electron chi connectivity index (χ2n) is 5.38. The number of rotatable bonds is 8. The Morgan fingerprint density at radius 3 is 2.37 bits per heavy atom. The summed E-state index contributed by atoms with van der Waals surface area (Å²) in [7, 11) is 0. The molecule has 1 atom stereocenters. The molecule has 1 heterocycles. The smallest absolute Gasteiger partial charge is 0.276 e. The second-order valence-corrected chi connectivity index (χ2v) is 6.33. The molecule has 0 saturated heterocycles. The van der Waals surface area contributed by atoms with Crippen LogP contribution in [0.3, 0.4) is 0 Å². The van der Waals surface area contributed by atoms with Gasteiger partial charge in [0.05, 0.1) is 11.5 Å². The van der Waals surface area contributed by atoms with Gasteiger partial charge in [0.15, 0.2) is 18.1 Å². The molecule has 9 heteroatoms. The highest BCUT2D eigenvalue weighted by Gasteiger charge is 2.17. The van der Waals surface area contributed by atoms with Gasteiger partial charge in [0.1, 0.15) is 6.04 Å². The van der Waals surface area contributed by atoms with Crippen molar-refractivity contribution in [3.05, 3.63) is 46.7 Å². The molecular formula is C18H21N3O5S. The fourth-order valence-electron chi connectivity index (χ4n) is 2.00. The molecule has 0 saturated carbocycles. The van der Waals surface area contributed by atoms with Crippen molar-refractivity contribution >= 4 is 29.1 Å². The van der Waals surface area contributed by atoms with Crippen molar-refractivity contribution in [3.63, 3.8) is 0 Å². The van der Waals surface area contributed by atoms with E-state index in [9.17, 15) is 14.4 Å². The minimum Gasteiger partial charge on any atom is -0.490 e. The lowest BCUT2D eigenvalue weighted by atomic mass is 10.3. The van der Waals surface area contributed by atoms with Gasteiger partial charge in [-0.05, 0) is 37.4 Å². The maximum absolute atomic E-state index is 12.0. The van der Waals surface area contributed by atoms with E-state index >= 15 is 0 Å². The monoisotopic (exact) mass is 391 g/mol. The van der Waals surface area contributed by atoms with Crippen molar-refractivity contribution < 1.29 is 23.9 Å². The fourth-order valence-corrected chi connectivity index (χ4v) is 2.63. The summed E-state index contributed by atoms with van der Waals surface area (Å²) in [5, 5.41) is 4.31. The quantitative estimate of drug-likeness (QED) is 0.591. The highest BCUT2D eigenvalue weighted by molar-refractivity contribution is 7.12. The Balaban J connectivity index is 1.74. The zero-order valence-corrected chi connectivity index (χ0v) is 15.8. The molecule has 3 N–H and O–H groups in total. The Hall–Kier alpha value is -3.07. The Kier molecular flexibility index (Phi) is 7.63. The number of hydrogen-bond donors (Lipinski definition) is 3. The third kappa shape index (κ3) is 6.30. The van der Waals surface area contributed by atoms with Crippen molar-refractivity contribution in [3.8, 4) is 11.5 Å². The summed E-state index contributed by atoms with van der Waals surface area (Å²) in [6.07, 6.45) is 0. The molecule has 0 radical (unpaired) electrons. The maximum atomic E-state index is 12.0. The van der Waals surface area contributed by atoms with Gasteiger partial charge in [-0.25, -0.2) is 0 Å². The molecule has 2 rings (SSSR count). The molecule has 1 aromatic carbocycles. The molecule has 0 aliphatic carbocycles. The van der Waals surface area contributed by atoms with Gasteiger partial charge in [-0.3, -0.25) is 25.2 Å². The number of carbonyl (C=O) groups excluding carboxylic acids is 3. The fraction of sp³-hybridized carbons (Fsp3) is 0.278. The highest BCUT2D eigenvalue weighted by atomic mass is 32.1. The largest absolute Gasteiger partial charge is 0.490 e. The van der Waals surface area contributed by atoms with Crippen LogP contribution in [-0.4, -0.2) is 37.0 Å². The topological polar surface area (TPSA) is 106 Å².